The average molecular weight is 213 g/mol. The minimum Gasteiger partial charge on any atom is -0.549 e. The molecular formula is C11H12NNaO2. The number of nitrogens with zero attached hydrogens (tertiary/aromatic N) is 1. The zero-order chi connectivity index (χ0) is 10.0. The summed E-state index contributed by atoms with van der Waals surface area (Å²) < 4.78 is 0. The van der Waals surface area contributed by atoms with Gasteiger partial charge in [0.15, 0.2) is 0 Å². The molecule has 1 aromatic rings. The van der Waals surface area contributed by atoms with E-state index in [9.17, 15) is 9.90 Å². The van der Waals surface area contributed by atoms with Crippen molar-refractivity contribution in [2.24, 2.45) is 0 Å². The SMILES string of the molecule is O=C([O-])C1(c2ccncc2)CCCC1.[Na+]. The van der Waals surface area contributed by atoms with Crippen molar-refractivity contribution in [1.29, 1.82) is 0 Å². The number of carboxylic acid groups (broad SMARTS) is 1. The van der Waals surface area contributed by atoms with E-state index in [1.807, 2.05) is 0 Å². The summed E-state index contributed by atoms with van der Waals surface area (Å²) in [5, 5.41) is 11.2. The molecule has 15 heavy (non-hydrogen) atoms. The molecule has 0 aliphatic heterocycles. The van der Waals surface area contributed by atoms with Gasteiger partial charge >= 0.3 is 29.6 Å². The average Bonchev–Trinajstić information content (AvgIpc) is 2.69. The van der Waals surface area contributed by atoms with Crippen LogP contribution in [0.1, 0.15) is 31.2 Å². The third-order valence-corrected chi connectivity index (χ3v) is 3.08. The van der Waals surface area contributed by atoms with Crippen molar-refractivity contribution in [3.63, 3.8) is 0 Å². The van der Waals surface area contributed by atoms with E-state index >= 15 is 0 Å². The molecule has 0 N–H and O–H groups in total. The molecule has 3 nitrogen and oxygen atoms in total. The zero-order valence-electron chi connectivity index (χ0n) is 8.90. The van der Waals surface area contributed by atoms with Gasteiger partial charge in [0, 0.05) is 17.8 Å². The fourth-order valence-electron chi connectivity index (χ4n) is 2.26. The zero-order valence-corrected chi connectivity index (χ0v) is 10.9. The van der Waals surface area contributed by atoms with E-state index in [0.717, 1.165) is 18.4 Å². The minimum absolute atomic E-state index is 0. The topological polar surface area (TPSA) is 53.0 Å². The van der Waals surface area contributed by atoms with Gasteiger partial charge in [-0.05, 0) is 30.5 Å². The van der Waals surface area contributed by atoms with Crippen molar-refractivity contribution in [2.45, 2.75) is 31.1 Å². The Labute approximate surface area is 111 Å². The molecule has 0 saturated heterocycles. The van der Waals surface area contributed by atoms with Crippen molar-refractivity contribution in [3.8, 4) is 0 Å². The van der Waals surface area contributed by atoms with Crippen LogP contribution >= 0.6 is 0 Å². The van der Waals surface area contributed by atoms with Gasteiger partial charge in [-0.25, -0.2) is 0 Å². The van der Waals surface area contributed by atoms with Crippen molar-refractivity contribution < 1.29 is 39.5 Å². The first-order valence-electron chi connectivity index (χ1n) is 4.88. The second-order valence-electron chi connectivity index (χ2n) is 3.81. The molecule has 1 aliphatic rings. The molecule has 74 valence electrons. The third-order valence-electron chi connectivity index (χ3n) is 3.08. The number of carbonyl (C=O) groups is 1. The number of pyridine rings is 1. The van der Waals surface area contributed by atoms with Crippen molar-refractivity contribution >= 4 is 5.97 Å². The Morgan fingerprint density at radius 1 is 1.27 bits per heavy atom. The Balaban J connectivity index is 0.00000112. The maximum Gasteiger partial charge on any atom is 1.00 e. The largest absolute Gasteiger partial charge is 1.00 e. The Morgan fingerprint density at radius 3 is 2.27 bits per heavy atom. The predicted molar refractivity (Wildman–Crippen MR) is 49.4 cm³/mol. The number of aromatic nitrogens is 1. The van der Waals surface area contributed by atoms with Crippen LogP contribution < -0.4 is 34.7 Å². The minimum atomic E-state index is -0.943. The van der Waals surface area contributed by atoms with Crippen LogP contribution in [0, 0.1) is 0 Å². The first kappa shape index (κ1) is 12.7. The Morgan fingerprint density at radius 2 is 1.80 bits per heavy atom. The first-order chi connectivity index (χ1) is 6.76. The van der Waals surface area contributed by atoms with E-state index in [1.165, 1.54) is 0 Å². The standard InChI is InChI=1S/C11H13NO2.Na/c13-10(14)11(5-1-2-6-11)9-3-7-12-8-4-9;/h3-4,7-8H,1-2,5-6H2,(H,13,14);/q;+1/p-1. The van der Waals surface area contributed by atoms with Crippen LogP contribution in [0.15, 0.2) is 24.5 Å². The number of carbonyl (C=O) groups excluding carboxylic acids is 1. The summed E-state index contributed by atoms with van der Waals surface area (Å²) in [5.41, 5.74) is 0.0909. The summed E-state index contributed by atoms with van der Waals surface area (Å²) in [5.74, 6) is -0.943. The van der Waals surface area contributed by atoms with Crippen LogP contribution in [-0.2, 0) is 10.2 Å². The maximum atomic E-state index is 11.2. The van der Waals surface area contributed by atoms with Gasteiger partial charge in [-0.3, -0.25) is 4.98 Å². The number of hydrogen-bond acceptors (Lipinski definition) is 3. The molecule has 0 atom stereocenters. The van der Waals surface area contributed by atoms with Crippen LogP contribution in [0.2, 0.25) is 0 Å². The van der Waals surface area contributed by atoms with E-state index < -0.39 is 11.4 Å². The van der Waals surface area contributed by atoms with Crippen molar-refractivity contribution in [2.75, 3.05) is 0 Å². The summed E-state index contributed by atoms with van der Waals surface area (Å²) in [6, 6.07) is 3.56. The molecule has 1 fully saturated rings. The van der Waals surface area contributed by atoms with Crippen LogP contribution in [0.4, 0.5) is 0 Å². The van der Waals surface area contributed by atoms with Crippen LogP contribution in [0.3, 0.4) is 0 Å². The van der Waals surface area contributed by atoms with Gasteiger partial charge in [0.2, 0.25) is 0 Å². The van der Waals surface area contributed by atoms with Crippen LogP contribution in [0.25, 0.3) is 0 Å². The summed E-state index contributed by atoms with van der Waals surface area (Å²) in [4.78, 5) is 15.1. The van der Waals surface area contributed by atoms with Crippen LogP contribution in [-0.4, -0.2) is 11.0 Å². The van der Waals surface area contributed by atoms with E-state index in [2.05, 4.69) is 4.98 Å². The second kappa shape index (κ2) is 5.10. The molecular weight excluding hydrogens is 201 g/mol. The number of rotatable bonds is 2. The normalized spacial score (nSPS) is 18.1. The number of aliphatic carboxylic acids is 1. The van der Waals surface area contributed by atoms with Gasteiger partial charge in [-0.1, -0.05) is 12.8 Å². The van der Waals surface area contributed by atoms with Gasteiger partial charge < -0.3 is 9.90 Å². The molecule has 1 saturated carbocycles. The van der Waals surface area contributed by atoms with Gasteiger partial charge in [0.25, 0.3) is 0 Å². The summed E-state index contributed by atoms with van der Waals surface area (Å²) in [6.45, 7) is 0. The van der Waals surface area contributed by atoms with E-state index in [0.29, 0.717) is 12.8 Å². The van der Waals surface area contributed by atoms with Gasteiger partial charge in [-0.2, -0.15) is 0 Å². The molecule has 0 spiro atoms. The molecule has 1 heterocycles. The van der Waals surface area contributed by atoms with Gasteiger partial charge in [0.1, 0.15) is 0 Å². The molecule has 0 radical (unpaired) electrons. The molecule has 0 unspecified atom stereocenters. The second-order valence-corrected chi connectivity index (χ2v) is 3.81. The predicted octanol–water partition coefficient (Wildman–Crippen LogP) is -2.35. The molecule has 0 aromatic carbocycles. The Hall–Kier alpha value is -0.380. The van der Waals surface area contributed by atoms with E-state index in [1.54, 1.807) is 24.5 Å². The Bertz CT molecular complexity index is 334. The first-order valence-corrected chi connectivity index (χ1v) is 4.88. The maximum absolute atomic E-state index is 11.2. The molecule has 4 heteroatoms. The third kappa shape index (κ3) is 2.25. The monoisotopic (exact) mass is 213 g/mol. The molecule has 0 amide bonds. The van der Waals surface area contributed by atoms with Gasteiger partial charge in [-0.15, -0.1) is 0 Å². The fraction of sp³-hybridized carbons (Fsp3) is 0.455. The Kier molecular flexibility index (Phi) is 4.32. The van der Waals surface area contributed by atoms with Crippen molar-refractivity contribution in [1.82, 2.24) is 4.98 Å². The summed E-state index contributed by atoms with van der Waals surface area (Å²) in [6.07, 6.45) is 6.60. The molecule has 1 aliphatic carbocycles. The van der Waals surface area contributed by atoms with E-state index in [4.69, 9.17) is 0 Å². The number of hydrogen-bond donors (Lipinski definition) is 0. The van der Waals surface area contributed by atoms with Gasteiger partial charge in [0.05, 0.1) is 5.97 Å². The smallest absolute Gasteiger partial charge is 0.549 e. The molecule has 2 rings (SSSR count). The fourth-order valence-corrected chi connectivity index (χ4v) is 2.26. The molecule has 1 aromatic heterocycles. The summed E-state index contributed by atoms with van der Waals surface area (Å²) in [7, 11) is 0. The number of carboxylic acids is 1. The summed E-state index contributed by atoms with van der Waals surface area (Å²) >= 11 is 0. The van der Waals surface area contributed by atoms with E-state index in [-0.39, 0.29) is 29.6 Å². The molecule has 0 bridgehead atoms. The quantitative estimate of drug-likeness (QED) is 0.517. The van der Waals surface area contributed by atoms with Crippen molar-refractivity contribution in [3.05, 3.63) is 30.1 Å². The van der Waals surface area contributed by atoms with Crippen LogP contribution in [0.5, 0.6) is 0 Å².